The van der Waals surface area contributed by atoms with Gasteiger partial charge in [-0.05, 0) is 69.4 Å². The molecule has 0 spiro atoms. The number of carbonyl (C=O) groups is 1. The second-order valence-corrected chi connectivity index (χ2v) is 8.98. The Morgan fingerprint density at radius 2 is 2.03 bits per heavy atom. The Balaban J connectivity index is 1.36. The molecule has 0 saturated heterocycles. The summed E-state index contributed by atoms with van der Waals surface area (Å²) in [6.45, 7) is 7.58. The third kappa shape index (κ3) is 3.69. The molecule has 0 radical (unpaired) electrons. The molecule has 2 aliphatic rings. The molecule has 5 heteroatoms. The number of furan rings is 1. The van der Waals surface area contributed by atoms with E-state index in [-0.39, 0.29) is 5.91 Å². The van der Waals surface area contributed by atoms with Crippen LogP contribution in [0.5, 0.6) is 0 Å². The summed E-state index contributed by atoms with van der Waals surface area (Å²) in [7, 11) is 0. The highest BCUT2D eigenvalue weighted by molar-refractivity contribution is 5.96. The van der Waals surface area contributed by atoms with Crippen LogP contribution in [-0.2, 0) is 13.1 Å². The largest absolute Gasteiger partial charge is 0.464 e. The van der Waals surface area contributed by atoms with Gasteiger partial charge in [0.1, 0.15) is 11.5 Å². The van der Waals surface area contributed by atoms with E-state index in [2.05, 4.69) is 29.5 Å². The van der Waals surface area contributed by atoms with Gasteiger partial charge in [0.25, 0.3) is 5.91 Å². The Labute approximate surface area is 177 Å². The highest BCUT2D eigenvalue weighted by Gasteiger charge is 2.38. The van der Waals surface area contributed by atoms with E-state index in [0.29, 0.717) is 25.0 Å². The first-order valence-electron chi connectivity index (χ1n) is 11.0. The fourth-order valence-electron chi connectivity index (χ4n) is 4.39. The van der Waals surface area contributed by atoms with Crippen molar-refractivity contribution in [1.29, 1.82) is 0 Å². The lowest BCUT2D eigenvalue weighted by atomic mass is 10.2. The van der Waals surface area contributed by atoms with E-state index in [4.69, 9.17) is 4.42 Å². The summed E-state index contributed by atoms with van der Waals surface area (Å²) in [6.07, 6.45) is 5.17. The average Bonchev–Trinajstić information content (AvgIpc) is 3.65. The van der Waals surface area contributed by atoms with Gasteiger partial charge in [0.2, 0.25) is 0 Å². The zero-order valence-corrected chi connectivity index (χ0v) is 18.0. The minimum atomic E-state index is 0.107. The number of pyridine rings is 1. The first-order valence-corrected chi connectivity index (χ1v) is 11.0. The maximum atomic E-state index is 13.5. The van der Waals surface area contributed by atoms with E-state index < -0.39 is 0 Å². The number of aryl methyl sites for hydroxylation is 1. The molecule has 2 saturated carbocycles. The monoisotopic (exact) mass is 403 g/mol. The van der Waals surface area contributed by atoms with Gasteiger partial charge in [-0.15, -0.1) is 0 Å². The molecular formula is C25H29N3O2. The smallest absolute Gasteiger partial charge is 0.256 e. The Bertz CT molecular complexity index is 1060. The normalized spacial score (nSPS) is 20.4. The van der Waals surface area contributed by atoms with Crippen LogP contribution in [0.15, 0.2) is 47.0 Å². The molecule has 2 fully saturated rings. The second kappa shape index (κ2) is 7.46. The van der Waals surface area contributed by atoms with E-state index in [1.807, 2.05) is 48.4 Å². The zero-order chi connectivity index (χ0) is 20.8. The van der Waals surface area contributed by atoms with Crippen molar-refractivity contribution < 1.29 is 9.21 Å². The van der Waals surface area contributed by atoms with Crippen LogP contribution in [0.4, 0.5) is 0 Å². The second-order valence-electron chi connectivity index (χ2n) is 8.98. The van der Waals surface area contributed by atoms with Gasteiger partial charge < -0.3 is 13.9 Å². The van der Waals surface area contributed by atoms with Crippen molar-refractivity contribution in [1.82, 2.24) is 14.5 Å². The average molecular weight is 404 g/mol. The number of hydrogen-bond acceptors (Lipinski definition) is 3. The lowest BCUT2D eigenvalue weighted by Crippen LogP contribution is -2.32. The fraction of sp³-hybridized carbons (Fsp3) is 0.440. The first kappa shape index (κ1) is 19.2. The van der Waals surface area contributed by atoms with Crippen molar-refractivity contribution in [2.24, 2.45) is 5.92 Å². The number of nitrogens with zero attached hydrogens (tertiary/aromatic N) is 3. The first-order chi connectivity index (χ1) is 14.5. The van der Waals surface area contributed by atoms with Crippen molar-refractivity contribution in [3.63, 3.8) is 0 Å². The molecule has 5 nitrogen and oxygen atoms in total. The third-order valence-electron chi connectivity index (χ3n) is 6.58. The number of aromatic nitrogens is 2. The molecule has 30 heavy (non-hydrogen) atoms. The van der Waals surface area contributed by atoms with Crippen LogP contribution in [0.3, 0.4) is 0 Å². The van der Waals surface area contributed by atoms with Crippen LogP contribution in [0.25, 0.3) is 0 Å². The van der Waals surface area contributed by atoms with Crippen molar-refractivity contribution in [3.8, 4) is 0 Å². The molecule has 2 unspecified atom stereocenters. The Morgan fingerprint density at radius 1 is 1.23 bits per heavy atom. The van der Waals surface area contributed by atoms with Gasteiger partial charge in [-0.2, -0.15) is 0 Å². The fourth-order valence-corrected chi connectivity index (χ4v) is 4.39. The maximum Gasteiger partial charge on any atom is 0.256 e. The summed E-state index contributed by atoms with van der Waals surface area (Å²) in [6, 6.07) is 12.4. The Kier molecular flexibility index (Phi) is 4.76. The number of hydrogen-bond donors (Lipinski definition) is 0. The van der Waals surface area contributed by atoms with Gasteiger partial charge in [0, 0.05) is 29.5 Å². The summed E-state index contributed by atoms with van der Waals surface area (Å²) in [5, 5.41) is 0. The van der Waals surface area contributed by atoms with Crippen molar-refractivity contribution in [2.75, 3.05) is 0 Å². The highest BCUT2D eigenvalue weighted by atomic mass is 16.3. The summed E-state index contributed by atoms with van der Waals surface area (Å²) in [5.41, 5.74) is 3.87. The molecule has 5 rings (SSSR count). The predicted octanol–water partition coefficient (Wildman–Crippen LogP) is 5.07. The molecule has 0 N–H and O–H groups in total. The van der Waals surface area contributed by atoms with Crippen LogP contribution in [0.1, 0.15) is 71.1 Å². The quantitative estimate of drug-likeness (QED) is 0.553. The van der Waals surface area contributed by atoms with Crippen LogP contribution in [0, 0.1) is 19.8 Å². The van der Waals surface area contributed by atoms with Crippen molar-refractivity contribution in [3.05, 3.63) is 76.8 Å². The van der Waals surface area contributed by atoms with Crippen molar-refractivity contribution >= 4 is 5.91 Å². The minimum Gasteiger partial charge on any atom is -0.464 e. The lowest BCUT2D eigenvalue weighted by molar-refractivity contribution is 0.0716. The molecule has 2 atom stereocenters. The van der Waals surface area contributed by atoms with E-state index in [1.165, 1.54) is 6.42 Å². The summed E-state index contributed by atoms with van der Waals surface area (Å²) in [5.74, 6) is 3.36. The topological polar surface area (TPSA) is 51.3 Å². The number of carbonyl (C=O) groups excluding carboxylic acids is 1. The SMILES string of the molecule is Cc1cc(C(=O)N(Cc2ccc(C3CC3C)o2)C2CC2)c(C)n1Cc1ccccn1. The molecule has 1 amide bonds. The maximum absolute atomic E-state index is 13.5. The molecule has 156 valence electrons. The molecule has 2 aliphatic carbocycles. The molecule has 0 aromatic carbocycles. The van der Waals surface area contributed by atoms with Crippen LogP contribution < -0.4 is 0 Å². The van der Waals surface area contributed by atoms with E-state index in [0.717, 1.165) is 52.9 Å². The minimum absolute atomic E-state index is 0.107. The van der Waals surface area contributed by atoms with E-state index >= 15 is 0 Å². The van der Waals surface area contributed by atoms with Crippen LogP contribution in [-0.4, -0.2) is 26.4 Å². The molecule has 3 aromatic rings. The van der Waals surface area contributed by atoms with Gasteiger partial charge in [0.05, 0.1) is 24.3 Å². The molecular weight excluding hydrogens is 374 g/mol. The van der Waals surface area contributed by atoms with E-state index in [1.54, 1.807) is 0 Å². The van der Waals surface area contributed by atoms with Crippen LogP contribution >= 0.6 is 0 Å². The molecule has 3 aromatic heterocycles. The Morgan fingerprint density at radius 3 is 2.70 bits per heavy atom. The van der Waals surface area contributed by atoms with Crippen LogP contribution in [0.2, 0.25) is 0 Å². The van der Waals surface area contributed by atoms with Crippen molar-refractivity contribution in [2.45, 2.75) is 65.1 Å². The van der Waals surface area contributed by atoms with Gasteiger partial charge >= 0.3 is 0 Å². The predicted molar refractivity (Wildman–Crippen MR) is 115 cm³/mol. The third-order valence-corrected chi connectivity index (χ3v) is 6.58. The van der Waals surface area contributed by atoms with Gasteiger partial charge in [-0.25, -0.2) is 0 Å². The summed E-state index contributed by atoms with van der Waals surface area (Å²) < 4.78 is 8.28. The summed E-state index contributed by atoms with van der Waals surface area (Å²) >= 11 is 0. The number of amides is 1. The van der Waals surface area contributed by atoms with Gasteiger partial charge in [0.15, 0.2) is 0 Å². The lowest BCUT2D eigenvalue weighted by Gasteiger charge is -2.21. The highest BCUT2D eigenvalue weighted by Crippen LogP contribution is 2.47. The Hall–Kier alpha value is -2.82. The van der Waals surface area contributed by atoms with Gasteiger partial charge in [-0.1, -0.05) is 13.0 Å². The van der Waals surface area contributed by atoms with E-state index in [9.17, 15) is 4.79 Å². The van der Waals surface area contributed by atoms with Gasteiger partial charge in [-0.3, -0.25) is 9.78 Å². The standard InChI is InChI=1S/C25H29N3O2/c1-16-12-22(16)24-10-9-21(30-24)15-28(20-7-8-20)25(29)23-13-17(2)27(18(23)3)14-19-6-4-5-11-26-19/h4-6,9-11,13,16,20,22H,7-8,12,14-15H2,1-3H3. The zero-order valence-electron chi connectivity index (χ0n) is 18.0. The summed E-state index contributed by atoms with van der Waals surface area (Å²) in [4.78, 5) is 20.0. The number of rotatable bonds is 7. The molecule has 0 aliphatic heterocycles. The molecule has 0 bridgehead atoms. The molecule has 3 heterocycles.